The second-order valence-corrected chi connectivity index (χ2v) is 10.0. The zero-order valence-electron chi connectivity index (χ0n) is 16.7. The number of thiophene rings is 1. The SMILES string of the molecule is CCOC(=O)c1cc(-c2ccc(S(=O)(=O)N3CCN(c4ccc(F)cc4)CC3)s2)on1. The van der Waals surface area contributed by atoms with Crippen molar-refractivity contribution >= 4 is 33.0 Å². The molecule has 3 heterocycles. The topological polar surface area (TPSA) is 93.0 Å². The molecule has 0 atom stereocenters. The van der Waals surface area contributed by atoms with Gasteiger partial charge < -0.3 is 14.2 Å². The van der Waals surface area contributed by atoms with Crippen molar-refractivity contribution in [3.8, 4) is 10.6 Å². The van der Waals surface area contributed by atoms with Gasteiger partial charge in [0, 0.05) is 37.9 Å². The number of halogens is 1. The highest BCUT2D eigenvalue weighted by molar-refractivity contribution is 7.91. The van der Waals surface area contributed by atoms with E-state index >= 15 is 0 Å². The molecule has 4 rings (SSSR count). The highest BCUT2D eigenvalue weighted by Gasteiger charge is 2.30. The Morgan fingerprint density at radius 1 is 1.16 bits per heavy atom. The monoisotopic (exact) mass is 465 g/mol. The van der Waals surface area contributed by atoms with Crippen LogP contribution in [0.1, 0.15) is 17.4 Å². The molecule has 164 valence electrons. The molecular weight excluding hydrogens is 445 g/mol. The summed E-state index contributed by atoms with van der Waals surface area (Å²) >= 11 is 1.05. The molecule has 11 heteroatoms. The van der Waals surface area contributed by atoms with Crippen molar-refractivity contribution in [3.63, 3.8) is 0 Å². The van der Waals surface area contributed by atoms with Crippen molar-refractivity contribution in [3.05, 3.63) is 54.0 Å². The molecule has 0 amide bonds. The maximum atomic E-state index is 13.1. The Labute approximate surface area is 182 Å². The summed E-state index contributed by atoms with van der Waals surface area (Å²) in [5.74, 6) is -0.601. The molecule has 8 nitrogen and oxygen atoms in total. The molecule has 0 aliphatic carbocycles. The molecule has 0 saturated carbocycles. The first-order valence-corrected chi connectivity index (χ1v) is 11.9. The van der Waals surface area contributed by atoms with E-state index in [1.54, 1.807) is 25.1 Å². The van der Waals surface area contributed by atoms with Crippen LogP contribution in [0.5, 0.6) is 0 Å². The summed E-state index contributed by atoms with van der Waals surface area (Å²) in [6.07, 6.45) is 0. The van der Waals surface area contributed by atoms with Crippen LogP contribution in [0.25, 0.3) is 10.6 Å². The number of carbonyl (C=O) groups excluding carboxylic acids is 1. The van der Waals surface area contributed by atoms with Crippen LogP contribution < -0.4 is 4.90 Å². The fourth-order valence-electron chi connectivity index (χ4n) is 3.25. The lowest BCUT2D eigenvalue weighted by molar-refractivity contribution is 0.0514. The highest BCUT2D eigenvalue weighted by Crippen LogP contribution is 2.33. The Morgan fingerprint density at radius 3 is 2.55 bits per heavy atom. The Balaban J connectivity index is 1.45. The van der Waals surface area contributed by atoms with E-state index in [4.69, 9.17) is 9.26 Å². The van der Waals surface area contributed by atoms with Crippen LogP contribution in [0.15, 0.2) is 51.2 Å². The number of benzene rings is 1. The molecule has 1 aliphatic rings. The molecule has 1 aromatic carbocycles. The molecule has 1 fully saturated rings. The van der Waals surface area contributed by atoms with Gasteiger partial charge in [-0.15, -0.1) is 11.3 Å². The van der Waals surface area contributed by atoms with Crippen molar-refractivity contribution in [2.24, 2.45) is 0 Å². The zero-order valence-corrected chi connectivity index (χ0v) is 18.3. The quantitative estimate of drug-likeness (QED) is 0.516. The maximum absolute atomic E-state index is 13.1. The number of ether oxygens (including phenoxy) is 1. The van der Waals surface area contributed by atoms with Crippen LogP contribution in [-0.4, -0.2) is 56.6 Å². The normalized spacial score (nSPS) is 15.2. The van der Waals surface area contributed by atoms with Crippen LogP contribution in [0.3, 0.4) is 0 Å². The molecule has 31 heavy (non-hydrogen) atoms. The predicted octanol–water partition coefficient (Wildman–Crippen LogP) is 3.23. The number of anilines is 1. The van der Waals surface area contributed by atoms with E-state index in [0.717, 1.165) is 17.0 Å². The fourth-order valence-corrected chi connectivity index (χ4v) is 6.08. The average molecular weight is 466 g/mol. The average Bonchev–Trinajstić information content (AvgIpc) is 3.45. The molecule has 0 radical (unpaired) electrons. The molecule has 0 bridgehead atoms. The highest BCUT2D eigenvalue weighted by atomic mass is 32.2. The van der Waals surface area contributed by atoms with E-state index in [0.29, 0.717) is 36.8 Å². The van der Waals surface area contributed by atoms with Crippen LogP contribution in [0.4, 0.5) is 10.1 Å². The lowest BCUT2D eigenvalue weighted by Crippen LogP contribution is -2.48. The third-order valence-electron chi connectivity index (χ3n) is 4.84. The second kappa shape index (κ2) is 8.77. The van der Waals surface area contributed by atoms with E-state index in [1.807, 2.05) is 4.90 Å². The van der Waals surface area contributed by atoms with Crippen molar-refractivity contribution in [2.45, 2.75) is 11.1 Å². The van der Waals surface area contributed by atoms with Crippen LogP contribution >= 0.6 is 11.3 Å². The number of piperazine rings is 1. The minimum atomic E-state index is -3.67. The zero-order chi connectivity index (χ0) is 22.0. The van der Waals surface area contributed by atoms with Gasteiger partial charge in [0.15, 0.2) is 11.5 Å². The van der Waals surface area contributed by atoms with Gasteiger partial charge in [-0.3, -0.25) is 0 Å². The molecule has 1 aliphatic heterocycles. The summed E-state index contributed by atoms with van der Waals surface area (Å²) in [5.41, 5.74) is 0.895. The minimum Gasteiger partial charge on any atom is -0.461 e. The molecule has 1 saturated heterocycles. The summed E-state index contributed by atoms with van der Waals surface area (Å²) in [6, 6.07) is 10.7. The lowest BCUT2D eigenvalue weighted by atomic mass is 10.2. The van der Waals surface area contributed by atoms with Crippen LogP contribution in [0.2, 0.25) is 0 Å². The minimum absolute atomic E-state index is 0.0339. The first kappa shape index (κ1) is 21.5. The van der Waals surface area contributed by atoms with E-state index in [-0.39, 0.29) is 22.3 Å². The van der Waals surface area contributed by atoms with Crippen molar-refractivity contribution in [2.75, 3.05) is 37.7 Å². The van der Waals surface area contributed by atoms with E-state index in [2.05, 4.69) is 5.16 Å². The Hall–Kier alpha value is -2.76. The molecule has 0 N–H and O–H groups in total. The van der Waals surface area contributed by atoms with E-state index in [1.165, 1.54) is 28.6 Å². The third-order valence-corrected chi connectivity index (χ3v) is 8.31. The molecule has 3 aromatic rings. The van der Waals surface area contributed by atoms with Gasteiger partial charge in [0.25, 0.3) is 10.0 Å². The Morgan fingerprint density at radius 2 is 1.87 bits per heavy atom. The predicted molar refractivity (Wildman–Crippen MR) is 113 cm³/mol. The van der Waals surface area contributed by atoms with E-state index in [9.17, 15) is 17.6 Å². The number of hydrogen-bond acceptors (Lipinski definition) is 8. The van der Waals surface area contributed by atoms with Gasteiger partial charge in [0.05, 0.1) is 11.5 Å². The maximum Gasteiger partial charge on any atom is 0.360 e. The number of hydrogen-bond donors (Lipinski definition) is 0. The van der Waals surface area contributed by atoms with E-state index < -0.39 is 16.0 Å². The van der Waals surface area contributed by atoms with Gasteiger partial charge in [0.1, 0.15) is 10.0 Å². The summed E-state index contributed by atoms with van der Waals surface area (Å²) < 4.78 is 50.9. The first-order valence-electron chi connectivity index (χ1n) is 9.63. The number of sulfonamides is 1. The number of carbonyl (C=O) groups is 1. The van der Waals surface area contributed by atoms with Gasteiger partial charge in [-0.25, -0.2) is 17.6 Å². The Bertz CT molecular complexity index is 1170. The van der Waals surface area contributed by atoms with Crippen molar-refractivity contribution in [1.29, 1.82) is 0 Å². The second-order valence-electron chi connectivity index (χ2n) is 6.78. The first-order chi connectivity index (χ1) is 14.9. The summed E-state index contributed by atoms with van der Waals surface area (Å²) in [4.78, 5) is 14.3. The van der Waals surface area contributed by atoms with Gasteiger partial charge >= 0.3 is 5.97 Å². The smallest absolute Gasteiger partial charge is 0.360 e. The summed E-state index contributed by atoms with van der Waals surface area (Å²) in [6.45, 7) is 3.57. The fraction of sp³-hybridized carbons (Fsp3) is 0.300. The van der Waals surface area contributed by atoms with Gasteiger partial charge in [-0.05, 0) is 43.3 Å². The van der Waals surface area contributed by atoms with Crippen LogP contribution in [0, 0.1) is 5.82 Å². The van der Waals surface area contributed by atoms with Crippen LogP contribution in [-0.2, 0) is 14.8 Å². The van der Waals surface area contributed by atoms with Gasteiger partial charge in [0.2, 0.25) is 0 Å². The number of nitrogens with zero attached hydrogens (tertiary/aromatic N) is 3. The molecule has 0 spiro atoms. The van der Waals surface area contributed by atoms with Crippen molar-refractivity contribution in [1.82, 2.24) is 9.46 Å². The molecule has 0 unspecified atom stereocenters. The molecule has 2 aromatic heterocycles. The largest absolute Gasteiger partial charge is 0.461 e. The molecular formula is C20H20FN3O5S2. The summed E-state index contributed by atoms with van der Waals surface area (Å²) in [7, 11) is -3.67. The number of esters is 1. The third kappa shape index (κ3) is 4.48. The number of aromatic nitrogens is 1. The lowest BCUT2D eigenvalue weighted by Gasteiger charge is -2.35. The summed E-state index contributed by atoms with van der Waals surface area (Å²) in [5, 5.41) is 3.68. The standard InChI is InChI=1S/C20H20FN3O5S2/c1-2-28-20(25)16-13-17(29-22-16)18-7-8-19(30-18)31(26,27)24-11-9-23(10-12-24)15-5-3-14(21)4-6-15/h3-8,13H,2,9-12H2,1H3. The van der Waals surface area contributed by atoms with Gasteiger partial charge in [-0.2, -0.15) is 4.31 Å². The van der Waals surface area contributed by atoms with Crippen molar-refractivity contribution < 1.29 is 26.9 Å². The Kier molecular flexibility index (Phi) is 6.08. The number of rotatable bonds is 6. The van der Waals surface area contributed by atoms with Gasteiger partial charge in [-0.1, -0.05) is 5.16 Å².